The number of rotatable bonds is 5. The molecular weight excluding hydrogens is 238 g/mol. The van der Waals surface area contributed by atoms with Gasteiger partial charge in [0.05, 0.1) is 10.3 Å². The van der Waals surface area contributed by atoms with Crippen LogP contribution >= 0.6 is 0 Å². The number of carboxylic acids is 1. The van der Waals surface area contributed by atoms with E-state index in [0.717, 1.165) is 0 Å². The van der Waals surface area contributed by atoms with E-state index in [0.29, 0.717) is 5.56 Å². The monoisotopic (exact) mass is 254 g/mol. The highest BCUT2D eigenvalue weighted by Gasteiger charge is 2.33. The lowest BCUT2D eigenvalue weighted by molar-refractivity contribution is -0.385. The summed E-state index contributed by atoms with van der Waals surface area (Å²) in [6, 6.07) is 5.76. The van der Waals surface area contributed by atoms with E-state index in [4.69, 9.17) is 10.2 Å². The van der Waals surface area contributed by atoms with Gasteiger partial charge in [-0.15, -0.1) is 0 Å². The van der Waals surface area contributed by atoms with Gasteiger partial charge in [-0.1, -0.05) is 12.1 Å². The van der Waals surface area contributed by atoms with Crippen LogP contribution in [-0.4, -0.2) is 21.1 Å². The third-order valence-corrected chi connectivity index (χ3v) is 2.78. The van der Waals surface area contributed by atoms with E-state index >= 15 is 0 Å². The molecule has 98 valence electrons. The molecule has 6 nitrogen and oxygen atoms in total. The predicted octanol–water partition coefficient (Wildman–Crippen LogP) is 1.86. The molecule has 0 amide bonds. The molecule has 0 saturated carbocycles. The van der Waals surface area contributed by atoms with Crippen molar-refractivity contribution in [2.45, 2.75) is 26.4 Å². The fourth-order valence-corrected chi connectivity index (χ4v) is 1.57. The maximum Gasteiger partial charge on any atom is 0.309 e. The second-order valence-electron chi connectivity index (χ2n) is 4.80. The number of benzene rings is 1. The number of nitrogens with zero attached hydrogens (tertiary/aromatic N) is 1. The van der Waals surface area contributed by atoms with Crippen molar-refractivity contribution in [2.24, 2.45) is 5.41 Å². The summed E-state index contributed by atoms with van der Waals surface area (Å²) in [5, 5.41) is 27.5. The molecular formula is C12H16NO5+. The molecule has 6 heteroatoms. The molecule has 0 fully saturated rings. The van der Waals surface area contributed by atoms with Gasteiger partial charge in [-0.05, 0) is 13.8 Å². The van der Waals surface area contributed by atoms with Crippen LogP contribution in [0.15, 0.2) is 24.3 Å². The van der Waals surface area contributed by atoms with Gasteiger partial charge >= 0.3 is 5.97 Å². The Morgan fingerprint density at radius 2 is 2.17 bits per heavy atom. The standard InChI is InChI=1S/C12H15NO5/c1-12(2,11(15)16)7-10(14)8-4-3-5-9(6-8)13(17)18/h3-6,10,14H,7H2,1-2H3,(H,15,16)/p+1. The van der Waals surface area contributed by atoms with Crippen LogP contribution in [0.2, 0.25) is 0 Å². The number of carbonyl (C=O) groups is 1. The number of aliphatic carboxylic acids is 1. The van der Waals surface area contributed by atoms with Crippen molar-refractivity contribution in [1.29, 1.82) is 0 Å². The van der Waals surface area contributed by atoms with Crippen molar-refractivity contribution in [2.75, 3.05) is 0 Å². The zero-order valence-electron chi connectivity index (χ0n) is 10.2. The van der Waals surface area contributed by atoms with Crippen LogP contribution in [-0.2, 0) is 4.79 Å². The van der Waals surface area contributed by atoms with Crippen molar-refractivity contribution in [1.82, 2.24) is 0 Å². The summed E-state index contributed by atoms with van der Waals surface area (Å²) >= 11 is 0. The van der Waals surface area contributed by atoms with Crippen molar-refractivity contribution in [3.05, 3.63) is 39.9 Å². The molecule has 3 N–H and O–H groups in total. The summed E-state index contributed by atoms with van der Waals surface area (Å²) in [6.45, 7) is 3.07. The number of non-ortho nitro benzene ring substituents is 1. The first-order valence-electron chi connectivity index (χ1n) is 5.43. The zero-order valence-corrected chi connectivity index (χ0v) is 10.2. The molecule has 1 rings (SSSR count). The van der Waals surface area contributed by atoms with Crippen LogP contribution in [0.1, 0.15) is 31.9 Å². The molecule has 0 aliphatic carbocycles. The Morgan fingerprint density at radius 3 is 2.67 bits per heavy atom. The molecule has 0 saturated heterocycles. The summed E-state index contributed by atoms with van der Waals surface area (Å²) in [7, 11) is 0. The van der Waals surface area contributed by atoms with Gasteiger partial charge in [-0.3, -0.25) is 14.9 Å². The molecule has 0 radical (unpaired) electrons. The van der Waals surface area contributed by atoms with Gasteiger partial charge in [0.1, 0.15) is 0 Å². The lowest BCUT2D eigenvalue weighted by Gasteiger charge is -2.20. The molecule has 1 unspecified atom stereocenters. The maximum atomic E-state index is 11.0. The average Bonchev–Trinajstić information content (AvgIpc) is 2.28. The number of hydrogen-bond donors (Lipinski definition) is 1. The summed E-state index contributed by atoms with van der Waals surface area (Å²) in [5.74, 6) is -0.981. The van der Waals surface area contributed by atoms with E-state index in [1.807, 2.05) is 0 Å². The van der Waals surface area contributed by atoms with Gasteiger partial charge in [0.25, 0.3) is 5.69 Å². The maximum absolute atomic E-state index is 11.0. The molecule has 0 spiro atoms. The molecule has 0 bridgehead atoms. The predicted molar refractivity (Wildman–Crippen MR) is 65.5 cm³/mol. The van der Waals surface area contributed by atoms with Gasteiger partial charge in [0, 0.05) is 24.1 Å². The van der Waals surface area contributed by atoms with E-state index in [9.17, 15) is 14.9 Å². The van der Waals surface area contributed by atoms with Crippen LogP contribution in [0.3, 0.4) is 0 Å². The Kier molecular flexibility index (Phi) is 4.03. The second kappa shape index (κ2) is 5.14. The fourth-order valence-electron chi connectivity index (χ4n) is 1.57. The Morgan fingerprint density at radius 1 is 1.56 bits per heavy atom. The van der Waals surface area contributed by atoms with Crippen LogP contribution in [0, 0.1) is 15.5 Å². The summed E-state index contributed by atoms with van der Waals surface area (Å²) in [5.41, 5.74) is -0.659. The van der Waals surface area contributed by atoms with Gasteiger partial charge in [0.15, 0.2) is 6.10 Å². The third kappa shape index (κ3) is 3.27. The number of nitro benzene ring substituents is 1. The first kappa shape index (κ1) is 14.1. The zero-order chi connectivity index (χ0) is 13.9. The molecule has 0 aliphatic heterocycles. The normalized spacial score (nSPS) is 13.1. The highest BCUT2D eigenvalue weighted by molar-refractivity contribution is 5.73. The largest absolute Gasteiger partial charge is 0.481 e. The SMILES string of the molecule is CC(C)(CC([OH2+])c1cccc([N+](=O)[O-])c1)C(=O)O. The minimum absolute atomic E-state index is 0.0853. The van der Waals surface area contributed by atoms with Crippen molar-refractivity contribution < 1.29 is 19.9 Å². The summed E-state index contributed by atoms with van der Waals surface area (Å²) < 4.78 is 0. The highest BCUT2D eigenvalue weighted by atomic mass is 16.6. The highest BCUT2D eigenvalue weighted by Crippen LogP contribution is 2.31. The third-order valence-electron chi connectivity index (χ3n) is 2.78. The topological polar surface area (TPSA) is 103 Å². The second-order valence-corrected chi connectivity index (χ2v) is 4.80. The summed E-state index contributed by atoms with van der Waals surface area (Å²) in [6.07, 6.45) is -0.695. The van der Waals surface area contributed by atoms with E-state index in [1.54, 1.807) is 6.07 Å². The van der Waals surface area contributed by atoms with Gasteiger partial charge < -0.3 is 10.2 Å². The van der Waals surface area contributed by atoms with Crippen LogP contribution in [0.25, 0.3) is 0 Å². The Labute approximate surface area is 104 Å². The van der Waals surface area contributed by atoms with Crippen molar-refractivity contribution in [3.63, 3.8) is 0 Å². The Hall–Kier alpha value is -1.95. The Balaban J connectivity index is 2.91. The number of nitro groups is 1. The van der Waals surface area contributed by atoms with Crippen molar-refractivity contribution in [3.8, 4) is 0 Å². The minimum Gasteiger partial charge on any atom is -0.481 e. The lowest BCUT2D eigenvalue weighted by atomic mass is 9.85. The van der Waals surface area contributed by atoms with E-state index in [-0.39, 0.29) is 12.1 Å². The van der Waals surface area contributed by atoms with Crippen LogP contribution < -0.4 is 0 Å². The number of hydrogen-bond acceptors (Lipinski definition) is 3. The minimum atomic E-state index is -1.03. The molecule has 0 heterocycles. The van der Waals surface area contributed by atoms with Gasteiger partial charge in [-0.2, -0.15) is 0 Å². The fraction of sp³-hybridized carbons (Fsp3) is 0.417. The first-order valence-corrected chi connectivity index (χ1v) is 5.43. The smallest absolute Gasteiger partial charge is 0.309 e. The van der Waals surface area contributed by atoms with E-state index in [1.165, 1.54) is 32.0 Å². The summed E-state index contributed by atoms with van der Waals surface area (Å²) in [4.78, 5) is 21.1. The molecule has 1 aromatic carbocycles. The van der Waals surface area contributed by atoms with E-state index < -0.39 is 22.4 Å². The van der Waals surface area contributed by atoms with Crippen LogP contribution in [0.4, 0.5) is 5.69 Å². The molecule has 0 aliphatic rings. The number of carboxylic acid groups (broad SMARTS) is 1. The molecule has 1 atom stereocenters. The lowest BCUT2D eigenvalue weighted by Crippen LogP contribution is -2.26. The van der Waals surface area contributed by atoms with E-state index in [2.05, 4.69) is 0 Å². The molecule has 0 aromatic heterocycles. The van der Waals surface area contributed by atoms with Crippen LogP contribution in [0.5, 0.6) is 0 Å². The quantitative estimate of drug-likeness (QED) is 0.492. The first-order chi connectivity index (χ1) is 8.24. The van der Waals surface area contributed by atoms with Gasteiger partial charge in [0.2, 0.25) is 0 Å². The molecule has 1 aromatic rings. The molecule has 18 heavy (non-hydrogen) atoms. The Bertz CT molecular complexity index is 469. The van der Waals surface area contributed by atoms with Gasteiger partial charge in [-0.25, -0.2) is 0 Å². The van der Waals surface area contributed by atoms with Crippen molar-refractivity contribution >= 4 is 11.7 Å². The average molecular weight is 254 g/mol.